The largest absolute Gasteiger partial charge is 0.465 e. The van der Waals surface area contributed by atoms with Crippen molar-refractivity contribution in [2.45, 2.75) is 13.3 Å². The molecule has 4 nitrogen and oxygen atoms in total. The van der Waals surface area contributed by atoms with Gasteiger partial charge in [-0.15, -0.1) is 0 Å². The summed E-state index contributed by atoms with van der Waals surface area (Å²) in [6.07, 6.45) is 3.37. The molecule has 1 aliphatic heterocycles. The number of hydrogen-bond donors (Lipinski definition) is 0. The highest BCUT2D eigenvalue weighted by atomic mass is 32.1. The second-order valence-electron chi connectivity index (χ2n) is 2.79. The first kappa shape index (κ1) is 10.8. The third-order valence-electron chi connectivity index (χ3n) is 1.69. The molecule has 0 aliphatic carbocycles. The Kier molecular flexibility index (Phi) is 3.76. The molecule has 76 valence electrons. The molecule has 0 spiro atoms. The molecule has 0 atom stereocenters. The Morgan fingerprint density at radius 2 is 2.43 bits per heavy atom. The van der Waals surface area contributed by atoms with Gasteiger partial charge in [-0.1, -0.05) is 12.2 Å². The highest BCUT2D eigenvalue weighted by Crippen LogP contribution is 2.06. The van der Waals surface area contributed by atoms with Crippen LogP contribution in [0.4, 0.5) is 0 Å². The fourth-order valence-corrected chi connectivity index (χ4v) is 1.24. The van der Waals surface area contributed by atoms with E-state index in [4.69, 9.17) is 17.0 Å². The number of nitrogens with zero attached hydrogens (tertiary/aromatic N) is 1. The molecule has 0 radical (unpaired) electrons. The van der Waals surface area contributed by atoms with Gasteiger partial charge in [-0.05, 0) is 13.0 Å². The Morgan fingerprint density at radius 3 is 3.00 bits per heavy atom. The standard InChI is InChI=1S/C9H11NO3S/c1-2-13-9(12)6-10-4-3-7(14)5-8(10)11/h3-4H,2,5-6H2,1H3. The molecule has 0 aromatic carbocycles. The van der Waals surface area contributed by atoms with Gasteiger partial charge in [-0.25, -0.2) is 0 Å². The summed E-state index contributed by atoms with van der Waals surface area (Å²) in [5, 5.41) is 0. The van der Waals surface area contributed by atoms with E-state index in [1.54, 1.807) is 13.0 Å². The maximum absolute atomic E-state index is 11.3. The van der Waals surface area contributed by atoms with Crippen molar-refractivity contribution >= 4 is 29.0 Å². The first-order chi connectivity index (χ1) is 6.63. The lowest BCUT2D eigenvalue weighted by Crippen LogP contribution is -2.35. The Bertz CT molecular complexity index is 298. The molecule has 5 heteroatoms. The minimum absolute atomic E-state index is 0.0359. The lowest BCUT2D eigenvalue weighted by atomic mass is 10.2. The van der Waals surface area contributed by atoms with Gasteiger partial charge in [0.05, 0.1) is 13.0 Å². The Labute approximate surface area is 87.5 Å². The number of carbonyl (C=O) groups excluding carboxylic acids is 2. The summed E-state index contributed by atoms with van der Waals surface area (Å²) in [4.78, 5) is 24.3. The van der Waals surface area contributed by atoms with Gasteiger partial charge in [0.15, 0.2) is 0 Å². The number of thiocarbonyl (C=S) groups is 1. The molecule has 1 rings (SSSR count). The van der Waals surface area contributed by atoms with E-state index in [-0.39, 0.29) is 18.9 Å². The molecule has 0 saturated carbocycles. The monoisotopic (exact) mass is 213 g/mol. The molecule has 1 heterocycles. The van der Waals surface area contributed by atoms with Crippen molar-refractivity contribution in [1.82, 2.24) is 4.90 Å². The molecule has 0 unspecified atom stereocenters. The maximum atomic E-state index is 11.3. The van der Waals surface area contributed by atoms with Crippen molar-refractivity contribution in [1.29, 1.82) is 0 Å². The topological polar surface area (TPSA) is 46.6 Å². The fourth-order valence-electron chi connectivity index (χ4n) is 1.05. The number of amides is 1. The summed E-state index contributed by atoms with van der Waals surface area (Å²) in [5.74, 6) is -0.566. The van der Waals surface area contributed by atoms with Crippen LogP contribution in [0.1, 0.15) is 13.3 Å². The summed E-state index contributed by atoms with van der Waals surface area (Å²) in [6, 6.07) is 0. The Morgan fingerprint density at radius 1 is 1.71 bits per heavy atom. The molecule has 0 aromatic heterocycles. The molecule has 1 aliphatic rings. The second kappa shape index (κ2) is 4.85. The molecule has 0 N–H and O–H groups in total. The predicted octanol–water partition coefficient (Wildman–Crippen LogP) is 0.665. The van der Waals surface area contributed by atoms with E-state index in [1.165, 1.54) is 11.1 Å². The average molecular weight is 213 g/mol. The molecule has 0 bridgehead atoms. The Balaban J connectivity index is 2.53. The van der Waals surface area contributed by atoms with Crippen LogP contribution in [0.25, 0.3) is 0 Å². The zero-order valence-corrected chi connectivity index (χ0v) is 8.67. The van der Waals surface area contributed by atoms with Gasteiger partial charge in [0.2, 0.25) is 5.91 Å². The van der Waals surface area contributed by atoms with Crippen molar-refractivity contribution in [3.63, 3.8) is 0 Å². The lowest BCUT2D eigenvalue weighted by Gasteiger charge is -2.20. The van der Waals surface area contributed by atoms with Crippen molar-refractivity contribution in [3.05, 3.63) is 12.3 Å². The van der Waals surface area contributed by atoms with Gasteiger partial charge in [0, 0.05) is 11.1 Å². The van der Waals surface area contributed by atoms with Crippen LogP contribution >= 0.6 is 12.2 Å². The van der Waals surface area contributed by atoms with Gasteiger partial charge in [-0.3, -0.25) is 9.59 Å². The number of ether oxygens (including phenoxy) is 1. The zero-order valence-electron chi connectivity index (χ0n) is 7.86. The van der Waals surface area contributed by atoms with Crippen molar-refractivity contribution in [2.24, 2.45) is 0 Å². The van der Waals surface area contributed by atoms with Gasteiger partial charge in [0.25, 0.3) is 0 Å². The average Bonchev–Trinajstić information content (AvgIpc) is 2.10. The van der Waals surface area contributed by atoms with Crippen molar-refractivity contribution in [3.8, 4) is 0 Å². The molecule has 0 fully saturated rings. The van der Waals surface area contributed by atoms with E-state index in [2.05, 4.69) is 0 Å². The minimum atomic E-state index is -0.404. The van der Waals surface area contributed by atoms with E-state index in [0.29, 0.717) is 11.5 Å². The van der Waals surface area contributed by atoms with E-state index in [9.17, 15) is 9.59 Å². The minimum Gasteiger partial charge on any atom is -0.465 e. The summed E-state index contributed by atoms with van der Waals surface area (Å²) >= 11 is 4.85. The van der Waals surface area contributed by atoms with Crippen LogP contribution in [0, 0.1) is 0 Å². The predicted molar refractivity (Wildman–Crippen MR) is 54.7 cm³/mol. The van der Waals surface area contributed by atoms with Crippen LogP contribution in [-0.4, -0.2) is 34.8 Å². The van der Waals surface area contributed by atoms with Crippen LogP contribution in [-0.2, 0) is 14.3 Å². The van der Waals surface area contributed by atoms with Crippen LogP contribution < -0.4 is 0 Å². The van der Waals surface area contributed by atoms with Crippen molar-refractivity contribution < 1.29 is 14.3 Å². The normalized spacial score (nSPS) is 15.9. The quantitative estimate of drug-likeness (QED) is 0.510. The number of allylic oxidation sites excluding steroid dienone is 1. The maximum Gasteiger partial charge on any atom is 0.326 e. The lowest BCUT2D eigenvalue weighted by molar-refractivity contribution is -0.147. The highest BCUT2D eigenvalue weighted by molar-refractivity contribution is 7.80. The van der Waals surface area contributed by atoms with Crippen LogP contribution in [0.15, 0.2) is 12.3 Å². The molecular weight excluding hydrogens is 202 g/mol. The summed E-state index contributed by atoms with van der Waals surface area (Å²) in [6.45, 7) is 2.01. The second-order valence-corrected chi connectivity index (χ2v) is 3.31. The number of carbonyl (C=O) groups is 2. The van der Waals surface area contributed by atoms with Crippen LogP contribution in [0.5, 0.6) is 0 Å². The van der Waals surface area contributed by atoms with E-state index < -0.39 is 5.97 Å². The highest BCUT2D eigenvalue weighted by Gasteiger charge is 2.19. The van der Waals surface area contributed by atoms with E-state index in [0.717, 1.165) is 0 Å². The van der Waals surface area contributed by atoms with Crippen molar-refractivity contribution in [2.75, 3.05) is 13.2 Å². The molecule has 1 amide bonds. The molecule has 0 aromatic rings. The van der Waals surface area contributed by atoms with E-state index >= 15 is 0 Å². The number of rotatable bonds is 3. The number of esters is 1. The molecule has 14 heavy (non-hydrogen) atoms. The summed E-state index contributed by atoms with van der Waals surface area (Å²) < 4.78 is 4.72. The fraction of sp³-hybridized carbons (Fsp3) is 0.444. The molecule has 0 saturated heterocycles. The number of hydrogen-bond acceptors (Lipinski definition) is 4. The summed E-state index contributed by atoms with van der Waals surface area (Å²) in [5.41, 5.74) is 0. The first-order valence-corrected chi connectivity index (χ1v) is 4.70. The zero-order chi connectivity index (χ0) is 10.6. The smallest absolute Gasteiger partial charge is 0.326 e. The van der Waals surface area contributed by atoms with Gasteiger partial charge < -0.3 is 9.64 Å². The third-order valence-corrected chi connectivity index (χ3v) is 1.97. The summed E-state index contributed by atoms with van der Waals surface area (Å²) in [7, 11) is 0. The third kappa shape index (κ3) is 2.92. The van der Waals surface area contributed by atoms with Crippen LogP contribution in [0.3, 0.4) is 0 Å². The van der Waals surface area contributed by atoms with Gasteiger partial charge in [0.1, 0.15) is 6.54 Å². The first-order valence-electron chi connectivity index (χ1n) is 4.29. The van der Waals surface area contributed by atoms with Gasteiger partial charge >= 0.3 is 5.97 Å². The van der Waals surface area contributed by atoms with Crippen LogP contribution in [0.2, 0.25) is 0 Å². The Hall–Kier alpha value is -1.23. The van der Waals surface area contributed by atoms with E-state index in [1.807, 2.05) is 0 Å². The van der Waals surface area contributed by atoms with Gasteiger partial charge in [-0.2, -0.15) is 0 Å². The SMILES string of the molecule is CCOC(=O)CN1C=CC(=S)CC1=O. The molecular formula is C9H11NO3S.